The smallest absolute Gasteiger partial charge is 0.416 e. The number of aromatic carboxylic acids is 1. The summed E-state index contributed by atoms with van der Waals surface area (Å²) in [6.07, 6.45) is -4.92. The second-order valence-electron chi connectivity index (χ2n) is 6.87. The van der Waals surface area contributed by atoms with Crippen LogP contribution in [0.1, 0.15) is 22.3 Å². The van der Waals surface area contributed by atoms with Gasteiger partial charge in [0.1, 0.15) is 17.7 Å². The Labute approximate surface area is 172 Å². The van der Waals surface area contributed by atoms with Crippen LogP contribution in [-0.4, -0.2) is 43.0 Å². The van der Waals surface area contributed by atoms with Gasteiger partial charge in [-0.1, -0.05) is 0 Å². The van der Waals surface area contributed by atoms with Gasteiger partial charge in [0.15, 0.2) is 0 Å². The molecular weight excluding hydrogens is 432 g/mol. The van der Waals surface area contributed by atoms with Crippen LogP contribution in [-0.2, 0) is 10.9 Å². The van der Waals surface area contributed by atoms with E-state index < -0.39 is 54.5 Å². The average molecular weight is 449 g/mol. The number of halogens is 6. The Morgan fingerprint density at radius 3 is 2.39 bits per heavy atom. The maximum Gasteiger partial charge on any atom is 0.416 e. The average Bonchev–Trinajstić information content (AvgIpc) is 3.08. The standard InChI is InChI=1S/C20H17F6NO4/c21-17-8-12(3-6-16(17)18(28)29)27-9-15(7-13(27)10-30-19(22)23)31-14-4-1-11(2-5-14)20(24,25)26/h1-6,8,13,15,19H,7,9-10H2,(H,28,29)/t13-,15-/m0/s1. The summed E-state index contributed by atoms with van der Waals surface area (Å²) in [5.41, 5.74) is -1.14. The molecular formula is C20H17F6NO4. The number of ether oxygens (including phenoxy) is 2. The molecule has 11 heteroatoms. The van der Waals surface area contributed by atoms with Crippen LogP contribution in [0.25, 0.3) is 0 Å². The van der Waals surface area contributed by atoms with Crippen molar-refractivity contribution in [3.63, 3.8) is 0 Å². The highest BCUT2D eigenvalue weighted by molar-refractivity contribution is 5.88. The molecule has 0 amide bonds. The number of carbonyl (C=O) groups is 1. The monoisotopic (exact) mass is 449 g/mol. The summed E-state index contributed by atoms with van der Waals surface area (Å²) in [6.45, 7) is -3.33. The van der Waals surface area contributed by atoms with Crippen molar-refractivity contribution >= 4 is 11.7 Å². The highest BCUT2D eigenvalue weighted by atomic mass is 19.4. The molecule has 2 aromatic carbocycles. The molecule has 0 aliphatic carbocycles. The zero-order valence-electron chi connectivity index (χ0n) is 15.8. The summed E-state index contributed by atoms with van der Waals surface area (Å²) in [6, 6.07) is 6.74. The minimum absolute atomic E-state index is 0.101. The van der Waals surface area contributed by atoms with E-state index in [0.29, 0.717) is 0 Å². The molecule has 2 aromatic rings. The number of hydrogen-bond donors (Lipinski definition) is 1. The number of anilines is 1. The molecule has 1 aliphatic rings. The number of carboxylic acid groups (broad SMARTS) is 1. The van der Waals surface area contributed by atoms with Crippen molar-refractivity contribution in [1.82, 2.24) is 0 Å². The molecule has 3 rings (SSSR count). The van der Waals surface area contributed by atoms with E-state index in [1.807, 2.05) is 0 Å². The first-order chi connectivity index (χ1) is 14.5. The first-order valence-corrected chi connectivity index (χ1v) is 9.07. The van der Waals surface area contributed by atoms with E-state index in [1.165, 1.54) is 11.0 Å². The molecule has 5 nitrogen and oxygen atoms in total. The van der Waals surface area contributed by atoms with Crippen LogP contribution in [0, 0.1) is 5.82 Å². The maximum atomic E-state index is 14.1. The number of carboxylic acids is 1. The third-order valence-corrected chi connectivity index (χ3v) is 4.79. The Balaban J connectivity index is 1.77. The Hall–Kier alpha value is -2.95. The van der Waals surface area contributed by atoms with Crippen LogP contribution in [0.4, 0.5) is 32.0 Å². The number of benzene rings is 2. The number of hydrogen-bond acceptors (Lipinski definition) is 4. The molecule has 0 aromatic heterocycles. The van der Waals surface area contributed by atoms with Crippen LogP contribution in [0.5, 0.6) is 5.75 Å². The molecule has 1 aliphatic heterocycles. The van der Waals surface area contributed by atoms with Gasteiger partial charge in [0.25, 0.3) is 0 Å². The first-order valence-electron chi connectivity index (χ1n) is 9.07. The van der Waals surface area contributed by atoms with Gasteiger partial charge in [0.2, 0.25) is 0 Å². The summed E-state index contributed by atoms with van der Waals surface area (Å²) in [7, 11) is 0. The van der Waals surface area contributed by atoms with E-state index in [1.54, 1.807) is 0 Å². The van der Waals surface area contributed by atoms with E-state index in [9.17, 15) is 31.1 Å². The van der Waals surface area contributed by atoms with Gasteiger partial charge in [-0.25, -0.2) is 9.18 Å². The number of nitrogens with zero attached hydrogens (tertiary/aromatic N) is 1. The summed E-state index contributed by atoms with van der Waals surface area (Å²) in [5.74, 6) is -2.29. The normalized spacial score (nSPS) is 19.1. The Bertz CT molecular complexity index is 919. The van der Waals surface area contributed by atoms with Gasteiger partial charge < -0.3 is 19.5 Å². The predicted octanol–water partition coefficient (Wildman–Crippen LogP) is 4.81. The second-order valence-corrected chi connectivity index (χ2v) is 6.87. The fourth-order valence-electron chi connectivity index (χ4n) is 3.39. The first kappa shape index (κ1) is 22.7. The molecule has 0 saturated carbocycles. The Kier molecular flexibility index (Phi) is 6.63. The van der Waals surface area contributed by atoms with Crippen molar-refractivity contribution in [3.8, 4) is 5.75 Å². The van der Waals surface area contributed by atoms with Gasteiger partial charge in [-0.15, -0.1) is 0 Å². The minimum Gasteiger partial charge on any atom is -0.489 e. The fraction of sp³-hybridized carbons (Fsp3) is 0.350. The third kappa shape index (κ3) is 5.60. The fourth-order valence-corrected chi connectivity index (χ4v) is 3.39. The van der Waals surface area contributed by atoms with E-state index in [2.05, 4.69) is 4.74 Å². The summed E-state index contributed by atoms with van der Waals surface area (Å²) >= 11 is 0. The quantitative estimate of drug-likeness (QED) is 0.615. The van der Waals surface area contributed by atoms with Crippen LogP contribution < -0.4 is 9.64 Å². The molecule has 0 spiro atoms. The second kappa shape index (κ2) is 9.04. The zero-order chi connectivity index (χ0) is 22.8. The molecule has 0 radical (unpaired) electrons. The molecule has 0 bridgehead atoms. The molecule has 2 atom stereocenters. The minimum atomic E-state index is -4.49. The van der Waals surface area contributed by atoms with Crippen molar-refractivity contribution in [2.75, 3.05) is 18.1 Å². The Morgan fingerprint density at radius 2 is 1.84 bits per heavy atom. The van der Waals surface area contributed by atoms with Crippen molar-refractivity contribution < 1.29 is 45.7 Å². The molecule has 1 saturated heterocycles. The molecule has 1 N–H and O–H groups in total. The highest BCUT2D eigenvalue weighted by Gasteiger charge is 2.35. The van der Waals surface area contributed by atoms with E-state index in [4.69, 9.17) is 9.84 Å². The van der Waals surface area contributed by atoms with Gasteiger partial charge in [0, 0.05) is 12.1 Å². The van der Waals surface area contributed by atoms with Gasteiger partial charge in [-0.2, -0.15) is 22.0 Å². The molecule has 31 heavy (non-hydrogen) atoms. The van der Waals surface area contributed by atoms with Crippen molar-refractivity contribution in [2.45, 2.75) is 31.4 Å². The Morgan fingerprint density at radius 1 is 1.16 bits per heavy atom. The van der Waals surface area contributed by atoms with Crippen LogP contribution in [0.15, 0.2) is 42.5 Å². The summed E-state index contributed by atoms with van der Waals surface area (Å²) in [4.78, 5) is 12.5. The van der Waals surface area contributed by atoms with E-state index in [-0.39, 0.29) is 24.4 Å². The van der Waals surface area contributed by atoms with E-state index >= 15 is 0 Å². The topological polar surface area (TPSA) is 59.0 Å². The van der Waals surface area contributed by atoms with Crippen LogP contribution in [0.2, 0.25) is 0 Å². The number of rotatable bonds is 7. The molecule has 168 valence electrons. The summed E-state index contributed by atoms with van der Waals surface area (Å²) in [5, 5.41) is 8.95. The lowest BCUT2D eigenvalue weighted by Gasteiger charge is -2.26. The van der Waals surface area contributed by atoms with Gasteiger partial charge in [-0.3, -0.25) is 0 Å². The summed E-state index contributed by atoms with van der Waals surface area (Å²) < 4.78 is 87.2. The molecule has 1 fully saturated rings. The van der Waals surface area contributed by atoms with Crippen molar-refractivity contribution in [1.29, 1.82) is 0 Å². The lowest BCUT2D eigenvalue weighted by molar-refractivity contribution is -0.137. The van der Waals surface area contributed by atoms with Crippen molar-refractivity contribution in [3.05, 3.63) is 59.4 Å². The lowest BCUT2D eigenvalue weighted by atomic mass is 10.1. The SMILES string of the molecule is O=C(O)c1ccc(N2C[C@@H](Oc3ccc(C(F)(F)F)cc3)C[C@H]2COC(F)F)cc1F. The highest BCUT2D eigenvalue weighted by Crippen LogP contribution is 2.33. The molecule has 0 unspecified atom stereocenters. The number of alkyl halides is 5. The largest absolute Gasteiger partial charge is 0.489 e. The van der Waals surface area contributed by atoms with Crippen molar-refractivity contribution in [2.24, 2.45) is 0 Å². The van der Waals surface area contributed by atoms with Gasteiger partial charge in [0.05, 0.1) is 30.3 Å². The van der Waals surface area contributed by atoms with Gasteiger partial charge in [-0.05, 0) is 42.5 Å². The van der Waals surface area contributed by atoms with Crippen LogP contribution >= 0.6 is 0 Å². The molecule has 1 heterocycles. The third-order valence-electron chi connectivity index (χ3n) is 4.79. The lowest BCUT2D eigenvalue weighted by Crippen LogP contribution is -2.34. The van der Waals surface area contributed by atoms with E-state index in [0.717, 1.165) is 36.4 Å². The zero-order valence-corrected chi connectivity index (χ0v) is 15.8. The predicted molar refractivity (Wildman–Crippen MR) is 96.9 cm³/mol. The van der Waals surface area contributed by atoms with Crippen LogP contribution in [0.3, 0.4) is 0 Å². The maximum absolute atomic E-state index is 14.1. The van der Waals surface area contributed by atoms with Gasteiger partial charge >= 0.3 is 18.8 Å².